The highest BCUT2D eigenvalue weighted by Crippen LogP contribution is 2.30. The minimum absolute atomic E-state index is 0.102. The molecule has 0 unspecified atom stereocenters. The Balaban J connectivity index is 1.67. The summed E-state index contributed by atoms with van der Waals surface area (Å²) in [4.78, 5) is 23.8. The first kappa shape index (κ1) is 21.4. The predicted molar refractivity (Wildman–Crippen MR) is 113 cm³/mol. The van der Waals surface area contributed by atoms with Gasteiger partial charge in [-0.3, -0.25) is 4.79 Å². The van der Waals surface area contributed by atoms with Gasteiger partial charge in [-0.15, -0.1) is 0 Å². The summed E-state index contributed by atoms with van der Waals surface area (Å²) in [6, 6.07) is 17.3. The molecule has 4 rings (SSSR count). The van der Waals surface area contributed by atoms with Gasteiger partial charge in [0, 0.05) is 22.5 Å². The lowest BCUT2D eigenvalue weighted by molar-refractivity contribution is -0.0884. The Morgan fingerprint density at radius 3 is 2.47 bits per heavy atom. The molecule has 32 heavy (non-hydrogen) atoms. The second-order valence-corrected chi connectivity index (χ2v) is 7.11. The number of hydrogen-bond donors (Lipinski definition) is 0. The molecule has 0 amide bonds. The number of benzene rings is 3. The molecular formula is C24H18F3NO4. The van der Waals surface area contributed by atoms with Crippen molar-refractivity contribution in [2.45, 2.75) is 12.7 Å². The molecule has 1 heterocycles. The van der Waals surface area contributed by atoms with Gasteiger partial charge in [-0.25, -0.2) is 4.79 Å². The van der Waals surface area contributed by atoms with E-state index in [-0.39, 0.29) is 24.1 Å². The van der Waals surface area contributed by atoms with Gasteiger partial charge in [0.1, 0.15) is 12.4 Å². The fourth-order valence-electron chi connectivity index (χ4n) is 3.63. The highest BCUT2D eigenvalue weighted by molar-refractivity contribution is 6.11. The number of aromatic nitrogens is 1. The van der Waals surface area contributed by atoms with E-state index in [4.69, 9.17) is 9.47 Å². The van der Waals surface area contributed by atoms with Gasteiger partial charge < -0.3 is 14.0 Å². The van der Waals surface area contributed by atoms with E-state index in [2.05, 4.69) is 0 Å². The van der Waals surface area contributed by atoms with E-state index in [0.717, 1.165) is 17.0 Å². The topological polar surface area (TPSA) is 57.5 Å². The van der Waals surface area contributed by atoms with E-state index < -0.39 is 23.5 Å². The molecule has 0 bridgehead atoms. The molecule has 0 N–H and O–H groups in total. The van der Waals surface area contributed by atoms with Crippen molar-refractivity contribution in [2.24, 2.45) is 0 Å². The van der Waals surface area contributed by atoms with Crippen molar-refractivity contribution in [2.75, 3.05) is 13.7 Å². The molecule has 3 aromatic carbocycles. The Labute approximate surface area is 181 Å². The summed E-state index contributed by atoms with van der Waals surface area (Å²) >= 11 is 0. The fraction of sp³-hybridized carbons (Fsp3) is 0.167. The van der Waals surface area contributed by atoms with Crippen LogP contribution in [0.2, 0.25) is 0 Å². The van der Waals surface area contributed by atoms with Crippen LogP contribution in [0.25, 0.3) is 21.7 Å². The van der Waals surface area contributed by atoms with Crippen molar-refractivity contribution in [3.63, 3.8) is 0 Å². The van der Waals surface area contributed by atoms with Crippen LogP contribution in [0.15, 0.2) is 66.9 Å². The highest BCUT2D eigenvalue weighted by Gasteiger charge is 2.40. The average molecular weight is 441 g/mol. The van der Waals surface area contributed by atoms with E-state index >= 15 is 0 Å². The second kappa shape index (κ2) is 8.37. The van der Waals surface area contributed by atoms with Gasteiger partial charge in [-0.1, -0.05) is 42.5 Å². The Morgan fingerprint density at radius 1 is 0.969 bits per heavy atom. The monoisotopic (exact) mass is 441 g/mol. The first-order valence-corrected chi connectivity index (χ1v) is 9.73. The molecule has 0 saturated carbocycles. The molecule has 0 radical (unpaired) electrons. The summed E-state index contributed by atoms with van der Waals surface area (Å²) in [5.74, 6) is -1.93. The molecule has 0 saturated heterocycles. The number of ether oxygens (including phenoxy) is 2. The van der Waals surface area contributed by atoms with Gasteiger partial charge in [-0.2, -0.15) is 13.2 Å². The maximum atomic E-state index is 13.1. The molecule has 1 aromatic heterocycles. The number of hydrogen-bond acceptors (Lipinski definition) is 4. The van der Waals surface area contributed by atoms with Gasteiger partial charge in [0.25, 0.3) is 5.78 Å². The normalized spacial score (nSPS) is 11.6. The van der Waals surface area contributed by atoms with Crippen LogP contribution in [0.4, 0.5) is 13.2 Å². The van der Waals surface area contributed by atoms with Crippen molar-refractivity contribution < 1.29 is 32.2 Å². The standard InChI is InChI=1S/C24H18F3NO4/c1-31-23(30)16-9-10-18-19(22(29)24(25,26)27)14-28(20(18)13-16)11-12-32-21-8-4-6-15-5-2-3-7-17(15)21/h2-10,13-14H,11-12H2,1H3. The average Bonchev–Trinajstić information content (AvgIpc) is 3.15. The van der Waals surface area contributed by atoms with Crippen molar-refractivity contribution in [1.82, 2.24) is 4.57 Å². The minimum atomic E-state index is -5.01. The van der Waals surface area contributed by atoms with Gasteiger partial charge in [-0.05, 0) is 23.6 Å². The van der Waals surface area contributed by atoms with Crippen LogP contribution in [-0.2, 0) is 11.3 Å². The molecule has 0 aliphatic rings. The lowest BCUT2D eigenvalue weighted by Crippen LogP contribution is -2.22. The quantitative estimate of drug-likeness (QED) is 0.297. The maximum absolute atomic E-state index is 13.1. The number of esters is 1. The molecule has 0 aliphatic carbocycles. The van der Waals surface area contributed by atoms with Crippen LogP contribution < -0.4 is 4.74 Å². The van der Waals surface area contributed by atoms with E-state index in [9.17, 15) is 22.8 Å². The number of nitrogens with zero attached hydrogens (tertiary/aromatic N) is 1. The first-order chi connectivity index (χ1) is 15.3. The van der Waals surface area contributed by atoms with Crippen molar-refractivity contribution in [3.05, 3.63) is 78.0 Å². The number of fused-ring (bicyclic) bond motifs is 2. The van der Waals surface area contributed by atoms with Gasteiger partial charge in [0.2, 0.25) is 0 Å². The molecule has 0 fully saturated rings. The summed E-state index contributed by atoms with van der Waals surface area (Å²) in [5, 5.41) is 2.01. The minimum Gasteiger partial charge on any atom is -0.491 e. The van der Waals surface area contributed by atoms with Crippen molar-refractivity contribution >= 4 is 33.4 Å². The van der Waals surface area contributed by atoms with E-state index in [1.807, 2.05) is 42.5 Å². The van der Waals surface area contributed by atoms with Crippen LogP contribution in [0.1, 0.15) is 20.7 Å². The number of halogens is 3. The third-order valence-corrected chi connectivity index (χ3v) is 5.14. The SMILES string of the molecule is COC(=O)c1ccc2c(C(=O)C(F)(F)F)cn(CCOc3cccc4ccccc34)c2c1. The van der Waals surface area contributed by atoms with Gasteiger partial charge >= 0.3 is 12.1 Å². The number of Topliss-reactive ketones (excluding diaryl/α,β-unsaturated/α-hetero) is 1. The third kappa shape index (κ3) is 4.03. The van der Waals surface area contributed by atoms with E-state index in [1.165, 1.54) is 29.9 Å². The smallest absolute Gasteiger partial charge is 0.454 e. The summed E-state index contributed by atoms with van der Waals surface area (Å²) in [6.45, 7) is 0.301. The Kier molecular flexibility index (Phi) is 5.61. The summed E-state index contributed by atoms with van der Waals surface area (Å²) in [6.07, 6.45) is -3.87. The summed E-state index contributed by atoms with van der Waals surface area (Å²) < 4.78 is 51.4. The molecule has 0 aliphatic heterocycles. The zero-order valence-electron chi connectivity index (χ0n) is 17.0. The number of methoxy groups -OCH3 is 1. The Morgan fingerprint density at radius 2 is 1.72 bits per heavy atom. The zero-order chi connectivity index (χ0) is 22.9. The fourth-order valence-corrected chi connectivity index (χ4v) is 3.63. The third-order valence-electron chi connectivity index (χ3n) is 5.14. The van der Waals surface area contributed by atoms with Crippen LogP contribution in [0, 0.1) is 0 Å². The summed E-state index contributed by atoms with van der Waals surface area (Å²) in [7, 11) is 1.21. The molecule has 4 aromatic rings. The lowest BCUT2D eigenvalue weighted by Gasteiger charge is -2.11. The van der Waals surface area contributed by atoms with Crippen LogP contribution in [-0.4, -0.2) is 36.2 Å². The maximum Gasteiger partial charge on any atom is 0.454 e. The molecular weight excluding hydrogens is 423 g/mol. The molecule has 164 valence electrons. The lowest BCUT2D eigenvalue weighted by atomic mass is 10.1. The summed E-state index contributed by atoms with van der Waals surface area (Å²) in [5.41, 5.74) is -0.00331. The largest absolute Gasteiger partial charge is 0.491 e. The van der Waals surface area contributed by atoms with E-state index in [0.29, 0.717) is 11.3 Å². The van der Waals surface area contributed by atoms with Gasteiger partial charge in [0.15, 0.2) is 0 Å². The number of carbonyl (C=O) groups excluding carboxylic acids is 2. The number of rotatable bonds is 6. The number of ketones is 1. The molecule has 0 spiro atoms. The number of carbonyl (C=O) groups is 2. The Bertz CT molecular complexity index is 1320. The van der Waals surface area contributed by atoms with Crippen LogP contribution in [0.3, 0.4) is 0 Å². The van der Waals surface area contributed by atoms with Crippen molar-refractivity contribution in [3.8, 4) is 5.75 Å². The molecule has 8 heteroatoms. The molecule has 5 nitrogen and oxygen atoms in total. The van der Waals surface area contributed by atoms with Crippen molar-refractivity contribution in [1.29, 1.82) is 0 Å². The Hall–Kier alpha value is -3.81. The first-order valence-electron chi connectivity index (χ1n) is 9.73. The predicted octanol–water partition coefficient (Wildman–Crippen LogP) is 5.41. The highest BCUT2D eigenvalue weighted by atomic mass is 19.4. The van der Waals surface area contributed by atoms with Crippen LogP contribution in [0.5, 0.6) is 5.75 Å². The van der Waals surface area contributed by atoms with E-state index in [1.54, 1.807) is 0 Å². The second-order valence-electron chi connectivity index (χ2n) is 7.11. The molecule has 0 atom stereocenters. The zero-order valence-corrected chi connectivity index (χ0v) is 17.0. The number of alkyl halides is 3. The van der Waals surface area contributed by atoms with Crippen LogP contribution >= 0.6 is 0 Å². The van der Waals surface area contributed by atoms with Gasteiger partial charge in [0.05, 0.1) is 24.8 Å².